The summed E-state index contributed by atoms with van der Waals surface area (Å²) in [6.07, 6.45) is 8.09. The maximum absolute atomic E-state index is 10.6. The Morgan fingerprint density at radius 3 is 2.79 bits per heavy atom. The summed E-state index contributed by atoms with van der Waals surface area (Å²) in [4.78, 5) is 10.6. The lowest BCUT2D eigenvalue weighted by Crippen LogP contribution is -2.15. The lowest BCUT2D eigenvalue weighted by atomic mass is 9.82. The van der Waals surface area contributed by atoms with Crippen molar-refractivity contribution in [3.05, 3.63) is 0 Å². The van der Waals surface area contributed by atoms with Gasteiger partial charge in [0.05, 0.1) is 0 Å². The third kappa shape index (κ3) is 3.32. The van der Waals surface area contributed by atoms with Gasteiger partial charge in [-0.3, -0.25) is 4.79 Å². The van der Waals surface area contributed by atoms with E-state index in [0.29, 0.717) is 11.8 Å². The molecule has 2 nitrogen and oxygen atoms in total. The predicted octanol–water partition coefficient (Wildman–Crippen LogP) is 2.86. The van der Waals surface area contributed by atoms with E-state index in [4.69, 9.17) is 5.73 Å². The lowest BCUT2D eigenvalue weighted by molar-refractivity contribution is -0.118. The van der Waals surface area contributed by atoms with Crippen molar-refractivity contribution in [2.45, 2.75) is 58.8 Å². The van der Waals surface area contributed by atoms with Gasteiger partial charge in [0.1, 0.15) is 0 Å². The minimum absolute atomic E-state index is 0.154. The van der Waals surface area contributed by atoms with Crippen molar-refractivity contribution >= 4 is 5.91 Å². The van der Waals surface area contributed by atoms with Crippen LogP contribution >= 0.6 is 0 Å². The van der Waals surface area contributed by atoms with E-state index in [1.54, 1.807) is 0 Å². The molecule has 0 bridgehead atoms. The van der Waals surface area contributed by atoms with Crippen LogP contribution in [0.5, 0.6) is 0 Å². The van der Waals surface area contributed by atoms with E-state index in [2.05, 4.69) is 13.8 Å². The highest BCUT2D eigenvalue weighted by Gasteiger charge is 2.33. The highest BCUT2D eigenvalue weighted by Crippen LogP contribution is 2.45. The highest BCUT2D eigenvalue weighted by atomic mass is 16.1. The molecule has 0 aromatic heterocycles. The van der Waals surface area contributed by atoms with Gasteiger partial charge in [0, 0.05) is 6.42 Å². The smallest absolute Gasteiger partial charge is 0.217 e. The van der Waals surface area contributed by atoms with Crippen molar-refractivity contribution in [2.75, 3.05) is 0 Å². The minimum atomic E-state index is -0.154. The largest absolute Gasteiger partial charge is 0.370 e. The highest BCUT2D eigenvalue weighted by molar-refractivity contribution is 5.73. The van der Waals surface area contributed by atoms with Gasteiger partial charge < -0.3 is 5.73 Å². The molecule has 0 radical (unpaired) electrons. The second-order valence-electron chi connectivity index (χ2n) is 5.15. The Morgan fingerprint density at radius 2 is 2.29 bits per heavy atom. The molecule has 1 fully saturated rings. The van der Waals surface area contributed by atoms with Gasteiger partial charge in [0.15, 0.2) is 0 Å². The second kappa shape index (κ2) is 4.81. The number of rotatable bonds is 5. The molecule has 2 N–H and O–H groups in total. The minimum Gasteiger partial charge on any atom is -0.370 e. The van der Waals surface area contributed by atoms with Crippen LogP contribution in [0.1, 0.15) is 58.8 Å². The Morgan fingerprint density at radius 1 is 1.57 bits per heavy atom. The molecule has 0 saturated heterocycles. The molecule has 2 heteroatoms. The van der Waals surface area contributed by atoms with Crippen molar-refractivity contribution in [3.63, 3.8) is 0 Å². The number of nitrogens with two attached hydrogens (primary N) is 1. The first-order chi connectivity index (χ1) is 6.56. The average Bonchev–Trinajstić information content (AvgIpc) is 2.47. The molecule has 1 aliphatic rings. The van der Waals surface area contributed by atoms with E-state index in [0.717, 1.165) is 12.3 Å². The fraction of sp³-hybridized carbons (Fsp3) is 0.917. The summed E-state index contributed by atoms with van der Waals surface area (Å²) in [5.41, 5.74) is 5.63. The molecule has 1 saturated carbocycles. The number of primary amides is 1. The Bertz CT molecular complexity index is 202. The molecule has 14 heavy (non-hydrogen) atoms. The molecular formula is C12H23NO. The molecule has 0 spiro atoms. The summed E-state index contributed by atoms with van der Waals surface area (Å²) in [5, 5.41) is 0. The van der Waals surface area contributed by atoms with Gasteiger partial charge in [-0.2, -0.15) is 0 Å². The summed E-state index contributed by atoms with van der Waals surface area (Å²) in [6, 6.07) is 0. The van der Waals surface area contributed by atoms with Gasteiger partial charge >= 0.3 is 0 Å². The first-order valence-electron chi connectivity index (χ1n) is 5.84. The van der Waals surface area contributed by atoms with E-state index in [9.17, 15) is 4.79 Å². The van der Waals surface area contributed by atoms with E-state index < -0.39 is 0 Å². The van der Waals surface area contributed by atoms with Crippen LogP contribution in [-0.4, -0.2) is 5.91 Å². The van der Waals surface area contributed by atoms with E-state index in [-0.39, 0.29) is 5.91 Å². The second-order valence-corrected chi connectivity index (χ2v) is 5.15. The summed E-state index contributed by atoms with van der Waals surface area (Å²) >= 11 is 0. The van der Waals surface area contributed by atoms with E-state index >= 15 is 0 Å². The summed E-state index contributed by atoms with van der Waals surface area (Å²) < 4.78 is 0. The van der Waals surface area contributed by atoms with Gasteiger partial charge in [-0.1, -0.05) is 20.3 Å². The third-order valence-electron chi connectivity index (χ3n) is 3.72. The number of hydrogen-bond donors (Lipinski definition) is 1. The maximum atomic E-state index is 10.6. The topological polar surface area (TPSA) is 43.1 Å². The first-order valence-corrected chi connectivity index (χ1v) is 5.84. The van der Waals surface area contributed by atoms with Crippen molar-refractivity contribution < 1.29 is 4.79 Å². The first kappa shape index (κ1) is 11.5. The van der Waals surface area contributed by atoms with Crippen LogP contribution in [0.3, 0.4) is 0 Å². The number of hydrogen-bond acceptors (Lipinski definition) is 1. The lowest BCUT2D eigenvalue weighted by Gasteiger charge is -2.23. The van der Waals surface area contributed by atoms with Gasteiger partial charge in [-0.15, -0.1) is 0 Å². The average molecular weight is 197 g/mol. The summed E-state index contributed by atoms with van der Waals surface area (Å²) in [5.74, 6) is 0.771. The fourth-order valence-corrected chi connectivity index (χ4v) is 2.72. The summed E-state index contributed by atoms with van der Waals surface area (Å²) in [6.45, 7) is 4.64. The quantitative estimate of drug-likeness (QED) is 0.723. The number of carbonyl (C=O) groups excluding carboxylic acids is 1. The van der Waals surface area contributed by atoms with Crippen LogP contribution in [0.15, 0.2) is 0 Å². The monoisotopic (exact) mass is 197 g/mol. The van der Waals surface area contributed by atoms with Crippen LogP contribution in [0.25, 0.3) is 0 Å². The predicted molar refractivity (Wildman–Crippen MR) is 58.8 cm³/mol. The van der Waals surface area contributed by atoms with Crippen LogP contribution in [0, 0.1) is 11.3 Å². The molecular weight excluding hydrogens is 174 g/mol. The molecule has 0 aromatic carbocycles. The van der Waals surface area contributed by atoms with Crippen molar-refractivity contribution in [1.29, 1.82) is 0 Å². The Kier molecular flexibility index (Phi) is 3.97. The maximum Gasteiger partial charge on any atom is 0.217 e. The Hall–Kier alpha value is -0.530. The van der Waals surface area contributed by atoms with Crippen LogP contribution in [0.4, 0.5) is 0 Å². The fourth-order valence-electron chi connectivity index (χ4n) is 2.72. The zero-order valence-corrected chi connectivity index (χ0v) is 9.51. The van der Waals surface area contributed by atoms with Crippen molar-refractivity contribution in [3.8, 4) is 0 Å². The molecule has 82 valence electrons. The number of amides is 1. The van der Waals surface area contributed by atoms with Gasteiger partial charge in [0.2, 0.25) is 5.91 Å². The molecule has 1 rings (SSSR count). The van der Waals surface area contributed by atoms with Crippen LogP contribution in [0.2, 0.25) is 0 Å². The molecule has 0 aliphatic heterocycles. The third-order valence-corrected chi connectivity index (χ3v) is 3.72. The van der Waals surface area contributed by atoms with E-state index in [1.807, 2.05) is 0 Å². The van der Waals surface area contributed by atoms with Crippen LogP contribution in [-0.2, 0) is 4.79 Å². The Balaban J connectivity index is 2.26. The van der Waals surface area contributed by atoms with Crippen molar-refractivity contribution in [1.82, 2.24) is 0 Å². The SMILES string of the molecule is CCC1CCC(C)(CCCC(N)=O)C1. The molecule has 2 atom stereocenters. The van der Waals surface area contributed by atoms with Crippen LogP contribution < -0.4 is 5.73 Å². The molecule has 1 aliphatic carbocycles. The molecule has 2 unspecified atom stereocenters. The Labute approximate surface area is 87.2 Å². The van der Waals surface area contributed by atoms with Gasteiger partial charge in [-0.25, -0.2) is 0 Å². The standard InChI is InChI=1S/C12H23NO/c1-3-10-6-8-12(2,9-10)7-4-5-11(13)14/h10H,3-9H2,1-2H3,(H2,13,14). The zero-order valence-electron chi connectivity index (χ0n) is 9.51. The number of carbonyl (C=O) groups is 1. The molecule has 0 aromatic rings. The normalized spacial score (nSPS) is 32.0. The van der Waals surface area contributed by atoms with Crippen molar-refractivity contribution in [2.24, 2.45) is 17.1 Å². The molecule has 1 amide bonds. The van der Waals surface area contributed by atoms with E-state index in [1.165, 1.54) is 32.1 Å². The summed E-state index contributed by atoms with van der Waals surface area (Å²) in [7, 11) is 0. The zero-order chi connectivity index (χ0) is 10.6. The van der Waals surface area contributed by atoms with Gasteiger partial charge in [-0.05, 0) is 43.4 Å². The molecule has 0 heterocycles. The van der Waals surface area contributed by atoms with Gasteiger partial charge in [0.25, 0.3) is 0 Å².